The number of rotatable bonds is 49. The van der Waals surface area contributed by atoms with Crippen molar-refractivity contribution in [2.75, 3.05) is 32.8 Å². The lowest BCUT2D eigenvalue weighted by molar-refractivity contribution is -0.150. The lowest BCUT2D eigenvalue weighted by atomic mass is 10.0. The summed E-state index contributed by atoms with van der Waals surface area (Å²) in [6.45, 7) is 10.6. The van der Waals surface area contributed by atoms with Crippen LogP contribution in [0.1, 0.15) is 275 Å². The minimum absolute atomic E-state index is 0.00594. The molecule has 0 spiro atoms. The summed E-state index contributed by atoms with van der Waals surface area (Å²) in [5, 5.41) is 14.0. The van der Waals surface area contributed by atoms with Crippen molar-refractivity contribution in [2.45, 2.75) is 277 Å². The highest BCUT2D eigenvalue weighted by atomic mass is 16.5. The zero-order chi connectivity index (χ0) is 46.4. The van der Waals surface area contributed by atoms with Gasteiger partial charge in [-0.1, -0.05) is 181 Å². The number of unbranched alkanes of at least 4 members (excludes halogenated alkanes) is 27. The maximum Gasteiger partial charge on any atom is 0.306 e. The van der Waals surface area contributed by atoms with E-state index in [9.17, 15) is 19.5 Å². The highest BCUT2D eigenvalue weighted by Gasteiger charge is 2.15. The number of hydrogen-bond acceptors (Lipinski definition) is 7. The summed E-state index contributed by atoms with van der Waals surface area (Å²) in [6, 6.07) is 1.78. The van der Waals surface area contributed by atoms with Gasteiger partial charge in [0.2, 0.25) is 0 Å². The molecule has 1 unspecified atom stereocenters. The van der Waals surface area contributed by atoms with Crippen molar-refractivity contribution in [2.24, 2.45) is 0 Å². The molecule has 0 bridgehead atoms. The van der Waals surface area contributed by atoms with Crippen LogP contribution in [0.15, 0.2) is 18.5 Å². The summed E-state index contributed by atoms with van der Waals surface area (Å²) in [7, 11) is 0. The molecule has 374 valence electrons. The van der Waals surface area contributed by atoms with Crippen molar-refractivity contribution in [1.29, 1.82) is 0 Å². The third-order valence-electron chi connectivity index (χ3n) is 12.9. The number of ether oxygens (including phenoxy) is 2. The fourth-order valence-corrected chi connectivity index (χ4v) is 8.71. The fraction of sp³-hybridized carbons (Fsp3) is 0.873. The monoisotopic (exact) mass is 902 g/mol. The smallest absolute Gasteiger partial charge is 0.306 e. The molecule has 1 aromatic heterocycles. The van der Waals surface area contributed by atoms with Crippen molar-refractivity contribution in [1.82, 2.24) is 15.2 Å². The molecule has 0 radical (unpaired) electrons. The van der Waals surface area contributed by atoms with Gasteiger partial charge in [-0.25, -0.2) is 0 Å². The summed E-state index contributed by atoms with van der Waals surface area (Å²) in [4.78, 5) is 42.7. The van der Waals surface area contributed by atoms with Gasteiger partial charge in [0.25, 0.3) is 5.91 Å². The van der Waals surface area contributed by atoms with Crippen LogP contribution < -0.4 is 5.32 Å². The highest BCUT2D eigenvalue weighted by molar-refractivity contribution is 5.93. The first-order valence-electron chi connectivity index (χ1n) is 27.6. The van der Waals surface area contributed by atoms with Gasteiger partial charge in [-0.15, -0.1) is 0 Å². The summed E-state index contributed by atoms with van der Waals surface area (Å²) in [5.41, 5.74) is 0.660. The van der Waals surface area contributed by atoms with Crippen molar-refractivity contribution < 1.29 is 29.0 Å². The molecule has 1 amide bonds. The van der Waals surface area contributed by atoms with Crippen LogP contribution in [0.4, 0.5) is 0 Å². The van der Waals surface area contributed by atoms with Gasteiger partial charge >= 0.3 is 11.9 Å². The number of aromatic nitrogens is 1. The number of H-pyrrole nitrogens is 1. The Balaban J connectivity index is 2.40. The number of hydrogen-bond donors (Lipinski definition) is 3. The quantitative estimate of drug-likeness (QED) is 0.0440. The average Bonchev–Trinajstić information content (AvgIpc) is 3.84. The average molecular weight is 902 g/mol. The standard InChI is InChI=1S/C55H103N3O6/c1-4-7-10-13-16-17-18-26-36-47-63-53(60)40-32-27-35-46-58(49-51(59)37-28-23-24-33-43-57-55(62)50-42-44-56-48-50)45-34-25-19-22-31-41-54(61)64-52(38-29-20-14-11-8-5-2)39-30-21-15-12-9-6-3/h42,44,48,51-52,56,59H,4-41,43,45-47,49H2,1-3H3,(H,57,62). The number of aliphatic hydroxyl groups is 1. The zero-order valence-corrected chi connectivity index (χ0v) is 42.2. The van der Waals surface area contributed by atoms with Crippen LogP contribution in [0.25, 0.3) is 0 Å². The number of nitrogens with zero attached hydrogens (tertiary/aromatic N) is 1. The molecule has 1 atom stereocenters. The van der Waals surface area contributed by atoms with Gasteiger partial charge in [0.15, 0.2) is 0 Å². The van der Waals surface area contributed by atoms with Crippen LogP contribution in [-0.2, 0) is 19.1 Å². The van der Waals surface area contributed by atoms with Crippen LogP contribution in [-0.4, -0.2) is 77.8 Å². The van der Waals surface area contributed by atoms with Gasteiger partial charge in [0.1, 0.15) is 6.10 Å². The molecular formula is C55H103N3O6. The topological polar surface area (TPSA) is 121 Å². The SMILES string of the molecule is CCCCCCCCCCCOC(=O)CCCCCN(CCCCCCCC(=O)OC(CCCCCCCC)CCCCCCCC)CC(O)CCCCCCNC(=O)c1cc[nH]c1. The number of carbonyl (C=O) groups is 3. The molecule has 0 fully saturated rings. The van der Waals surface area contributed by atoms with Crippen LogP contribution in [0.3, 0.4) is 0 Å². The third-order valence-corrected chi connectivity index (χ3v) is 12.9. The van der Waals surface area contributed by atoms with Gasteiger partial charge in [-0.05, 0) is 89.8 Å². The summed E-state index contributed by atoms with van der Waals surface area (Å²) in [6.07, 6.45) is 45.6. The number of aliphatic hydroxyl groups excluding tert-OH is 1. The summed E-state index contributed by atoms with van der Waals surface area (Å²) >= 11 is 0. The summed E-state index contributed by atoms with van der Waals surface area (Å²) < 4.78 is 11.6. The van der Waals surface area contributed by atoms with Gasteiger partial charge in [-0.3, -0.25) is 14.4 Å². The Hall–Kier alpha value is -2.39. The molecule has 9 nitrogen and oxygen atoms in total. The molecule has 0 aliphatic carbocycles. The van der Waals surface area contributed by atoms with Gasteiger partial charge < -0.3 is 29.8 Å². The second-order valence-electron chi connectivity index (χ2n) is 19.1. The Morgan fingerprint density at radius 1 is 0.562 bits per heavy atom. The largest absolute Gasteiger partial charge is 0.466 e. The van der Waals surface area contributed by atoms with Gasteiger partial charge in [-0.2, -0.15) is 0 Å². The van der Waals surface area contributed by atoms with Crippen LogP contribution in [0.5, 0.6) is 0 Å². The predicted octanol–water partition coefficient (Wildman–Crippen LogP) is 14.7. The number of esters is 2. The number of carbonyl (C=O) groups excluding carboxylic acids is 3. The van der Waals surface area contributed by atoms with E-state index in [0.29, 0.717) is 38.1 Å². The Morgan fingerprint density at radius 2 is 1.02 bits per heavy atom. The molecular weight excluding hydrogens is 799 g/mol. The van der Waals surface area contributed by atoms with E-state index in [1.807, 2.05) is 0 Å². The Morgan fingerprint density at radius 3 is 1.56 bits per heavy atom. The van der Waals surface area contributed by atoms with E-state index >= 15 is 0 Å². The van der Waals surface area contributed by atoms with E-state index in [0.717, 1.165) is 135 Å². The van der Waals surface area contributed by atoms with Crippen molar-refractivity contribution in [3.63, 3.8) is 0 Å². The van der Waals surface area contributed by atoms with Crippen LogP contribution >= 0.6 is 0 Å². The number of nitrogens with one attached hydrogen (secondary N) is 2. The first-order valence-corrected chi connectivity index (χ1v) is 27.6. The van der Waals surface area contributed by atoms with Gasteiger partial charge in [0, 0.05) is 38.3 Å². The molecule has 1 heterocycles. The van der Waals surface area contributed by atoms with E-state index in [1.165, 1.54) is 109 Å². The molecule has 0 saturated heterocycles. The minimum atomic E-state index is -0.360. The fourth-order valence-electron chi connectivity index (χ4n) is 8.71. The van der Waals surface area contributed by atoms with E-state index in [2.05, 4.69) is 36.0 Å². The van der Waals surface area contributed by atoms with Crippen LogP contribution in [0.2, 0.25) is 0 Å². The molecule has 1 rings (SSSR count). The molecule has 9 heteroatoms. The lowest BCUT2D eigenvalue weighted by Crippen LogP contribution is -2.34. The van der Waals surface area contributed by atoms with E-state index in [1.54, 1.807) is 18.5 Å². The van der Waals surface area contributed by atoms with Crippen molar-refractivity contribution in [3.8, 4) is 0 Å². The Kier molecular flexibility index (Phi) is 42.6. The van der Waals surface area contributed by atoms with Crippen molar-refractivity contribution >= 4 is 17.8 Å². The second-order valence-corrected chi connectivity index (χ2v) is 19.1. The molecule has 0 aliphatic heterocycles. The lowest BCUT2D eigenvalue weighted by Gasteiger charge is -2.25. The zero-order valence-electron chi connectivity index (χ0n) is 42.2. The molecule has 0 aliphatic rings. The number of amides is 1. The molecule has 64 heavy (non-hydrogen) atoms. The number of aromatic amines is 1. The highest BCUT2D eigenvalue weighted by Crippen LogP contribution is 2.19. The normalized spacial score (nSPS) is 12.0. The molecule has 0 aromatic carbocycles. The predicted molar refractivity (Wildman–Crippen MR) is 269 cm³/mol. The Bertz CT molecular complexity index is 1150. The van der Waals surface area contributed by atoms with E-state index in [4.69, 9.17) is 9.47 Å². The molecule has 3 N–H and O–H groups in total. The van der Waals surface area contributed by atoms with Crippen molar-refractivity contribution in [3.05, 3.63) is 24.0 Å². The second kappa shape index (κ2) is 45.8. The maximum atomic E-state index is 12.9. The first kappa shape index (κ1) is 59.6. The van der Waals surface area contributed by atoms with Crippen LogP contribution in [0, 0.1) is 0 Å². The molecule has 1 aromatic rings. The first-order chi connectivity index (χ1) is 31.4. The summed E-state index contributed by atoms with van der Waals surface area (Å²) in [5.74, 6) is -0.111. The Labute approximate surface area is 394 Å². The van der Waals surface area contributed by atoms with E-state index < -0.39 is 0 Å². The molecule has 0 saturated carbocycles. The maximum absolute atomic E-state index is 12.9. The third kappa shape index (κ3) is 38.8. The van der Waals surface area contributed by atoms with E-state index in [-0.39, 0.29) is 30.1 Å². The minimum Gasteiger partial charge on any atom is -0.466 e. The van der Waals surface area contributed by atoms with Gasteiger partial charge in [0.05, 0.1) is 18.3 Å².